The van der Waals surface area contributed by atoms with E-state index in [1.807, 2.05) is 19.3 Å². The number of rotatable bonds is 3. The van der Waals surface area contributed by atoms with Gasteiger partial charge in [-0.2, -0.15) is 5.10 Å². The summed E-state index contributed by atoms with van der Waals surface area (Å²) < 4.78 is 1.74. The summed E-state index contributed by atoms with van der Waals surface area (Å²) in [5, 5.41) is 7.21. The molecular formula is C8H11N3. The summed E-state index contributed by atoms with van der Waals surface area (Å²) in [5.41, 5.74) is 1.02. The molecule has 1 aromatic heterocycles. The zero-order valence-corrected chi connectivity index (χ0v) is 6.54. The second kappa shape index (κ2) is 3.79. The van der Waals surface area contributed by atoms with Crippen LogP contribution in [-0.4, -0.2) is 16.8 Å². The van der Waals surface area contributed by atoms with Crippen molar-refractivity contribution in [1.29, 1.82) is 0 Å². The van der Waals surface area contributed by atoms with Gasteiger partial charge in [-0.1, -0.05) is 5.92 Å². The Morgan fingerprint density at radius 3 is 3.27 bits per heavy atom. The highest BCUT2D eigenvalue weighted by Gasteiger charge is 1.94. The third kappa shape index (κ3) is 2.10. The lowest BCUT2D eigenvalue weighted by Gasteiger charge is -1.93. The Kier molecular flexibility index (Phi) is 2.70. The first-order valence-corrected chi connectivity index (χ1v) is 3.47. The fraction of sp³-hybridized carbons (Fsp3) is 0.375. The minimum absolute atomic E-state index is 0.545. The van der Waals surface area contributed by atoms with Crippen LogP contribution in [0.1, 0.15) is 5.69 Å². The predicted molar refractivity (Wildman–Crippen MR) is 43.8 cm³/mol. The molecule has 0 aliphatic rings. The first kappa shape index (κ1) is 7.83. The van der Waals surface area contributed by atoms with Gasteiger partial charge in [-0.15, -0.1) is 6.42 Å². The predicted octanol–water partition coefficient (Wildman–Crippen LogP) is 0.236. The molecular weight excluding hydrogens is 138 g/mol. The molecule has 3 nitrogen and oxygen atoms in total. The second-order valence-electron chi connectivity index (χ2n) is 2.24. The summed E-state index contributed by atoms with van der Waals surface area (Å²) in [4.78, 5) is 0. The van der Waals surface area contributed by atoms with E-state index in [1.165, 1.54) is 0 Å². The Morgan fingerprint density at radius 2 is 2.64 bits per heavy atom. The van der Waals surface area contributed by atoms with Gasteiger partial charge in [0.15, 0.2) is 0 Å². The van der Waals surface area contributed by atoms with E-state index >= 15 is 0 Å². The number of hydrogen-bond donors (Lipinski definition) is 1. The molecule has 11 heavy (non-hydrogen) atoms. The largest absolute Gasteiger partial charge is 0.314 e. The average molecular weight is 149 g/mol. The molecule has 0 aliphatic heterocycles. The lowest BCUT2D eigenvalue weighted by atomic mass is 10.4. The van der Waals surface area contributed by atoms with Crippen molar-refractivity contribution in [3.8, 4) is 12.3 Å². The highest BCUT2D eigenvalue weighted by molar-refractivity contribution is 4.99. The minimum Gasteiger partial charge on any atom is -0.314 e. The Balaban J connectivity index is 2.60. The van der Waals surface area contributed by atoms with E-state index in [4.69, 9.17) is 6.42 Å². The van der Waals surface area contributed by atoms with E-state index in [0.29, 0.717) is 6.54 Å². The van der Waals surface area contributed by atoms with Crippen LogP contribution in [0.15, 0.2) is 12.3 Å². The van der Waals surface area contributed by atoms with Crippen LogP contribution in [0.4, 0.5) is 0 Å². The maximum absolute atomic E-state index is 5.12. The minimum atomic E-state index is 0.545. The molecule has 0 unspecified atom stereocenters. The molecule has 0 aromatic carbocycles. The molecule has 0 spiro atoms. The summed E-state index contributed by atoms with van der Waals surface area (Å²) in [6.07, 6.45) is 7.00. The van der Waals surface area contributed by atoms with Crippen LogP contribution in [0.5, 0.6) is 0 Å². The lowest BCUT2D eigenvalue weighted by molar-refractivity contribution is 0.679. The van der Waals surface area contributed by atoms with Crippen LogP contribution in [0.25, 0.3) is 0 Å². The van der Waals surface area contributed by atoms with Gasteiger partial charge in [-0.3, -0.25) is 4.68 Å². The molecule has 0 saturated heterocycles. The monoisotopic (exact) mass is 149 g/mol. The van der Waals surface area contributed by atoms with Gasteiger partial charge in [0.2, 0.25) is 0 Å². The van der Waals surface area contributed by atoms with Crippen molar-refractivity contribution in [3.63, 3.8) is 0 Å². The van der Waals surface area contributed by atoms with E-state index in [2.05, 4.69) is 16.3 Å². The van der Waals surface area contributed by atoms with Crippen LogP contribution in [0, 0.1) is 12.3 Å². The summed E-state index contributed by atoms with van der Waals surface area (Å²) in [7, 11) is 1.89. The summed E-state index contributed by atoms with van der Waals surface area (Å²) in [6.45, 7) is 1.33. The Labute approximate surface area is 66.4 Å². The lowest BCUT2D eigenvalue weighted by Crippen LogP contribution is -2.06. The van der Waals surface area contributed by atoms with Gasteiger partial charge in [0, 0.05) is 12.7 Å². The number of terminal acetylenes is 1. The third-order valence-corrected chi connectivity index (χ3v) is 1.31. The molecule has 1 N–H and O–H groups in total. The molecule has 3 heteroatoms. The molecule has 0 amide bonds. The Bertz CT molecular complexity index is 257. The van der Waals surface area contributed by atoms with Gasteiger partial charge in [0.1, 0.15) is 6.54 Å². The van der Waals surface area contributed by atoms with Crippen LogP contribution in [0.3, 0.4) is 0 Å². The molecule has 58 valence electrons. The third-order valence-electron chi connectivity index (χ3n) is 1.31. The van der Waals surface area contributed by atoms with Crippen molar-refractivity contribution < 1.29 is 0 Å². The molecule has 1 aromatic rings. The SMILES string of the molecule is C#CCn1ccc(CNC)n1. The van der Waals surface area contributed by atoms with E-state index in [9.17, 15) is 0 Å². The standard InChI is InChI=1S/C8H11N3/c1-3-5-11-6-4-8(10-11)7-9-2/h1,4,6,9H,5,7H2,2H3. The number of aromatic nitrogens is 2. The average Bonchev–Trinajstić information content (AvgIpc) is 2.38. The maximum Gasteiger partial charge on any atom is 0.101 e. The molecule has 1 rings (SSSR count). The van der Waals surface area contributed by atoms with Gasteiger partial charge < -0.3 is 5.32 Å². The van der Waals surface area contributed by atoms with Crippen LogP contribution in [-0.2, 0) is 13.1 Å². The van der Waals surface area contributed by atoms with Crippen LogP contribution in [0.2, 0.25) is 0 Å². The second-order valence-corrected chi connectivity index (χ2v) is 2.24. The van der Waals surface area contributed by atoms with Gasteiger partial charge in [0.25, 0.3) is 0 Å². The fourth-order valence-corrected chi connectivity index (χ4v) is 0.861. The molecule has 0 radical (unpaired) electrons. The van der Waals surface area contributed by atoms with Crippen molar-refractivity contribution >= 4 is 0 Å². The van der Waals surface area contributed by atoms with Gasteiger partial charge in [0.05, 0.1) is 5.69 Å². The zero-order valence-electron chi connectivity index (χ0n) is 6.54. The van der Waals surface area contributed by atoms with Crippen molar-refractivity contribution in [1.82, 2.24) is 15.1 Å². The number of nitrogens with one attached hydrogen (secondary N) is 1. The zero-order chi connectivity index (χ0) is 8.10. The molecule has 0 bridgehead atoms. The van der Waals surface area contributed by atoms with Gasteiger partial charge in [-0.05, 0) is 13.1 Å². The van der Waals surface area contributed by atoms with E-state index in [0.717, 1.165) is 12.2 Å². The summed E-state index contributed by atoms with van der Waals surface area (Å²) in [6, 6.07) is 1.95. The molecule has 0 atom stereocenters. The van der Waals surface area contributed by atoms with Gasteiger partial charge in [-0.25, -0.2) is 0 Å². The van der Waals surface area contributed by atoms with E-state index in [1.54, 1.807) is 4.68 Å². The number of nitrogens with zero attached hydrogens (tertiary/aromatic N) is 2. The maximum atomic E-state index is 5.12. The molecule has 0 saturated carbocycles. The quantitative estimate of drug-likeness (QED) is 0.624. The summed E-state index contributed by atoms with van der Waals surface area (Å²) in [5.74, 6) is 2.52. The van der Waals surface area contributed by atoms with Gasteiger partial charge >= 0.3 is 0 Å². The van der Waals surface area contributed by atoms with Crippen molar-refractivity contribution in [2.75, 3.05) is 7.05 Å². The van der Waals surface area contributed by atoms with Crippen LogP contribution < -0.4 is 5.32 Å². The fourth-order valence-electron chi connectivity index (χ4n) is 0.861. The normalized spacial score (nSPS) is 9.45. The van der Waals surface area contributed by atoms with Crippen molar-refractivity contribution in [2.45, 2.75) is 13.1 Å². The summed E-state index contributed by atoms with van der Waals surface area (Å²) >= 11 is 0. The highest BCUT2D eigenvalue weighted by atomic mass is 15.3. The Hall–Kier alpha value is -1.27. The van der Waals surface area contributed by atoms with E-state index in [-0.39, 0.29) is 0 Å². The first-order chi connectivity index (χ1) is 5.36. The molecule has 0 aliphatic carbocycles. The highest BCUT2D eigenvalue weighted by Crippen LogP contribution is 1.93. The molecule has 0 fully saturated rings. The first-order valence-electron chi connectivity index (χ1n) is 3.47. The Morgan fingerprint density at radius 1 is 1.82 bits per heavy atom. The number of hydrogen-bond acceptors (Lipinski definition) is 2. The smallest absolute Gasteiger partial charge is 0.101 e. The topological polar surface area (TPSA) is 29.9 Å². The molecule has 1 heterocycles. The van der Waals surface area contributed by atoms with E-state index < -0.39 is 0 Å². The van der Waals surface area contributed by atoms with Crippen LogP contribution >= 0.6 is 0 Å². The van der Waals surface area contributed by atoms with Crippen molar-refractivity contribution in [3.05, 3.63) is 18.0 Å². The van der Waals surface area contributed by atoms with Crippen molar-refractivity contribution in [2.24, 2.45) is 0 Å².